The second-order valence-corrected chi connectivity index (χ2v) is 6.47. The minimum absolute atomic E-state index is 0.261. The number of ether oxygens (including phenoxy) is 1. The van der Waals surface area contributed by atoms with E-state index in [1.54, 1.807) is 0 Å². The Labute approximate surface area is 154 Å². The van der Waals surface area contributed by atoms with Crippen LogP contribution in [0.4, 0.5) is 0 Å². The molecule has 0 aliphatic rings. The van der Waals surface area contributed by atoms with E-state index in [-0.39, 0.29) is 6.04 Å². The van der Waals surface area contributed by atoms with Gasteiger partial charge in [0.05, 0.1) is 13.2 Å². The smallest absolute Gasteiger partial charge is 0.241 e. The molecule has 0 spiro atoms. The second-order valence-electron chi connectivity index (χ2n) is 6.47. The molecule has 26 heavy (non-hydrogen) atoms. The van der Waals surface area contributed by atoms with Gasteiger partial charge in [0.1, 0.15) is 5.75 Å². The summed E-state index contributed by atoms with van der Waals surface area (Å²) in [4.78, 5) is 6.72. The summed E-state index contributed by atoms with van der Waals surface area (Å²) in [7, 11) is 2.06. The summed E-state index contributed by atoms with van der Waals surface area (Å²) >= 11 is 0. The molecule has 1 atom stereocenters. The van der Waals surface area contributed by atoms with Crippen LogP contribution in [0.5, 0.6) is 5.75 Å². The zero-order valence-corrected chi connectivity index (χ0v) is 15.8. The Morgan fingerprint density at radius 1 is 1.08 bits per heavy atom. The van der Waals surface area contributed by atoms with Gasteiger partial charge in [-0.2, -0.15) is 4.98 Å². The summed E-state index contributed by atoms with van der Waals surface area (Å²) in [6.07, 6.45) is 0. The van der Waals surface area contributed by atoms with Gasteiger partial charge < -0.3 is 9.26 Å². The van der Waals surface area contributed by atoms with E-state index in [9.17, 15) is 0 Å². The Morgan fingerprint density at radius 3 is 2.42 bits per heavy atom. The van der Waals surface area contributed by atoms with Crippen molar-refractivity contribution in [2.75, 3.05) is 13.7 Å². The third kappa shape index (κ3) is 4.29. The normalized spacial score (nSPS) is 12.3. The first-order chi connectivity index (χ1) is 12.6. The predicted octanol–water partition coefficient (Wildman–Crippen LogP) is 4.64. The molecule has 1 aromatic heterocycles. The van der Waals surface area contributed by atoms with Gasteiger partial charge in [-0.1, -0.05) is 35.0 Å². The first kappa shape index (κ1) is 18.1. The van der Waals surface area contributed by atoms with Crippen molar-refractivity contribution >= 4 is 0 Å². The van der Waals surface area contributed by atoms with Crippen molar-refractivity contribution in [1.82, 2.24) is 15.0 Å². The van der Waals surface area contributed by atoms with Gasteiger partial charge in [-0.15, -0.1) is 0 Å². The molecule has 0 fully saturated rings. The fraction of sp³-hybridized carbons (Fsp3) is 0.333. The largest absolute Gasteiger partial charge is 0.494 e. The quantitative estimate of drug-likeness (QED) is 0.621. The lowest BCUT2D eigenvalue weighted by atomic mass is 10.1. The third-order valence-electron chi connectivity index (χ3n) is 4.50. The molecule has 3 aromatic rings. The Bertz CT molecular complexity index is 825. The van der Waals surface area contributed by atoms with Gasteiger partial charge >= 0.3 is 0 Å². The predicted molar refractivity (Wildman–Crippen MR) is 102 cm³/mol. The summed E-state index contributed by atoms with van der Waals surface area (Å²) < 4.78 is 10.9. The zero-order valence-electron chi connectivity index (χ0n) is 15.8. The molecule has 5 nitrogen and oxygen atoms in total. The summed E-state index contributed by atoms with van der Waals surface area (Å²) in [5.41, 5.74) is 3.45. The molecule has 0 saturated heterocycles. The molecule has 2 aromatic carbocycles. The molecule has 0 radical (unpaired) electrons. The number of hydrogen-bond donors (Lipinski definition) is 0. The minimum atomic E-state index is 0.261. The van der Waals surface area contributed by atoms with Crippen molar-refractivity contribution in [1.29, 1.82) is 0 Å². The highest BCUT2D eigenvalue weighted by Crippen LogP contribution is 2.23. The molecular weight excluding hydrogens is 326 g/mol. The summed E-state index contributed by atoms with van der Waals surface area (Å²) in [5.74, 6) is 2.04. The monoisotopic (exact) mass is 351 g/mol. The minimum Gasteiger partial charge on any atom is -0.494 e. The number of benzene rings is 2. The van der Waals surface area contributed by atoms with Gasteiger partial charge in [-0.05, 0) is 57.6 Å². The Kier molecular flexibility index (Phi) is 5.68. The van der Waals surface area contributed by atoms with E-state index in [1.165, 1.54) is 11.1 Å². The maximum Gasteiger partial charge on any atom is 0.241 e. The van der Waals surface area contributed by atoms with Crippen LogP contribution in [0.3, 0.4) is 0 Å². The Morgan fingerprint density at radius 2 is 1.77 bits per heavy atom. The maximum absolute atomic E-state index is 5.46. The molecule has 0 N–H and O–H groups in total. The van der Waals surface area contributed by atoms with Gasteiger partial charge in [-0.3, -0.25) is 4.90 Å². The van der Waals surface area contributed by atoms with Crippen molar-refractivity contribution in [2.24, 2.45) is 0 Å². The molecule has 0 bridgehead atoms. The van der Waals surface area contributed by atoms with Crippen LogP contribution in [0.15, 0.2) is 53.1 Å². The van der Waals surface area contributed by atoms with Crippen molar-refractivity contribution < 1.29 is 9.26 Å². The third-order valence-corrected chi connectivity index (χ3v) is 4.50. The molecule has 0 aliphatic heterocycles. The molecule has 136 valence electrons. The first-order valence-corrected chi connectivity index (χ1v) is 8.89. The topological polar surface area (TPSA) is 51.4 Å². The van der Waals surface area contributed by atoms with Crippen LogP contribution in [0.1, 0.15) is 36.9 Å². The molecule has 0 saturated carbocycles. The summed E-state index contributed by atoms with van der Waals surface area (Å²) in [6, 6.07) is 16.6. The van der Waals surface area contributed by atoms with Crippen LogP contribution in [0.2, 0.25) is 0 Å². The van der Waals surface area contributed by atoms with Crippen molar-refractivity contribution in [3.05, 3.63) is 65.5 Å². The molecule has 5 heteroatoms. The van der Waals surface area contributed by atoms with E-state index in [0.717, 1.165) is 11.3 Å². The second kappa shape index (κ2) is 8.15. The number of aryl methyl sites for hydroxylation is 1. The molecule has 0 amide bonds. The van der Waals surface area contributed by atoms with Crippen LogP contribution in [0.25, 0.3) is 11.4 Å². The van der Waals surface area contributed by atoms with Crippen LogP contribution >= 0.6 is 0 Å². The molecule has 1 heterocycles. The molecule has 3 rings (SSSR count). The lowest BCUT2D eigenvalue weighted by Crippen LogP contribution is -2.22. The zero-order chi connectivity index (χ0) is 18.5. The average molecular weight is 351 g/mol. The van der Waals surface area contributed by atoms with Gasteiger partial charge in [-0.25, -0.2) is 0 Å². The fourth-order valence-corrected chi connectivity index (χ4v) is 2.75. The summed E-state index contributed by atoms with van der Waals surface area (Å²) in [5, 5.41) is 4.11. The highest BCUT2D eigenvalue weighted by Gasteiger charge is 2.16. The lowest BCUT2D eigenvalue weighted by molar-refractivity contribution is 0.216. The van der Waals surface area contributed by atoms with E-state index in [1.807, 2.05) is 31.2 Å². The Hall–Kier alpha value is -2.66. The molecular formula is C21H25N3O2. The van der Waals surface area contributed by atoms with Crippen LogP contribution < -0.4 is 4.74 Å². The van der Waals surface area contributed by atoms with E-state index >= 15 is 0 Å². The average Bonchev–Trinajstić information content (AvgIpc) is 3.11. The van der Waals surface area contributed by atoms with E-state index in [2.05, 4.69) is 60.2 Å². The Balaban J connectivity index is 1.66. The highest BCUT2D eigenvalue weighted by molar-refractivity contribution is 5.55. The van der Waals surface area contributed by atoms with Gasteiger partial charge in [0.15, 0.2) is 0 Å². The van der Waals surface area contributed by atoms with Gasteiger partial charge in [0.2, 0.25) is 11.7 Å². The van der Waals surface area contributed by atoms with Crippen molar-refractivity contribution in [2.45, 2.75) is 33.4 Å². The molecule has 0 aliphatic carbocycles. The SMILES string of the molecule is CCOc1ccc(-c2noc(CN(C)C(C)c3ccc(C)cc3)n2)cc1. The van der Waals surface area contributed by atoms with Crippen LogP contribution in [-0.4, -0.2) is 28.7 Å². The van der Waals surface area contributed by atoms with Crippen molar-refractivity contribution in [3.8, 4) is 17.1 Å². The van der Waals surface area contributed by atoms with E-state index < -0.39 is 0 Å². The van der Waals surface area contributed by atoms with E-state index in [4.69, 9.17) is 9.26 Å². The highest BCUT2D eigenvalue weighted by atomic mass is 16.5. The maximum atomic E-state index is 5.46. The number of rotatable bonds is 7. The molecule has 1 unspecified atom stereocenters. The van der Waals surface area contributed by atoms with E-state index in [0.29, 0.717) is 24.9 Å². The number of hydrogen-bond acceptors (Lipinski definition) is 5. The summed E-state index contributed by atoms with van der Waals surface area (Å²) in [6.45, 7) is 7.48. The van der Waals surface area contributed by atoms with Gasteiger partial charge in [0, 0.05) is 11.6 Å². The lowest BCUT2D eigenvalue weighted by Gasteiger charge is -2.23. The standard InChI is InChI=1S/C21H25N3O2/c1-5-25-19-12-10-18(11-13-19)21-22-20(26-23-21)14-24(4)16(3)17-8-6-15(2)7-9-17/h6-13,16H,5,14H2,1-4H3. The number of nitrogens with zero attached hydrogens (tertiary/aromatic N) is 3. The fourth-order valence-electron chi connectivity index (χ4n) is 2.75. The number of aromatic nitrogens is 2. The first-order valence-electron chi connectivity index (χ1n) is 8.89. The van der Waals surface area contributed by atoms with Gasteiger partial charge in [0.25, 0.3) is 0 Å². The van der Waals surface area contributed by atoms with Crippen molar-refractivity contribution in [3.63, 3.8) is 0 Å². The van der Waals surface area contributed by atoms with Crippen LogP contribution in [-0.2, 0) is 6.54 Å². The van der Waals surface area contributed by atoms with Crippen LogP contribution in [0, 0.1) is 6.92 Å².